The zero-order valence-corrected chi connectivity index (χ0v) is 9.57. The van der Waals surface area contributed by atoms with E-state index in [0.29, 0.717) is 35.7 Å². The molecule has 1 N–H and O–H groups in total. The first-order valence-electron chi connectivity index (χ1n) is 5.17. The van der Waals surface area contributed by atoms with Gasteiger partial charge in [0.05, 0.1) is 19.3 Å². The lowest BCUT2D eigenvalue weighted by Gasteiger charge is -2.12. The largest absolute Gasteiger partial charge is 0.496 e. The second-order valence-corrected chi connectivity index (χ2v) is 3.81. The van der Waals surface area contributed by atoms with Gasteiger partial charge in [-0.2, -0.15) is 0 Å². The van der Waals surface area contributed by atoms with Crippen molar-refractivity contribution in [3.05, 3.63) is 22.8 Å². The summed E-state index contributed by atoms with van der Waals surface area (Å²) in [6.45, 7) is 2.21. The molecule has 0 spiro atoms. The van der Waals surface area contributed by atoms with E-state index in [1.807, 2.05) is 0 Å². The van der Waals surface area contributed by atoms with Gasteiger partial charge in [-0.05, 0) is 18.6 Å². The smallest absolute Gasteiger partial charge is 0.377 e. The minimum atomic E-state index is -1.48. The van der Waals surface area contributed by atoms with Crippen LogP contribution in [0, 0.1) is 6.92 Å². The minimum Gasteiger partial charge on any atom is -0.496 e. The van der Waals surface area contributed by atoms with Crippen molar-refractivity contribution in [2.24, 2.45) is 0 Å². The molecule has 0 bridgehead atoms. The molecular weight excluding hydrogens is 224 g/mol. The molecule has 0 aliphatic carbocycles. The summed E-state index contributed by atoms with van der Waals surface area (Å²) in [7, 11) is 1.42. The number of hydrogen-bond acceptors (Lipinski definition) is 4. The minimum absolute atomic E-state index is 0.118. The summed E-state index contributed by atoms with van der Waals surface area (Å²) in [5.74, 6) is -1.54. The molecule has 0 saturated carbocycles. The molecule has 0 atom stereocenters. The fraction of sp³-hybridized carbons (Fsp3) is 0.333. The Morgan fingerprint density at radius 1 is 1.47 bits per heavy atom. The van der Waals surface area contributed by atoms with Crippen LogP contribution in [0.2, 0.25) is 0 Å². The highest BCUT2D eigenvalue weighted by Crippen LogP contribution is 2.37. The number of methoxy groups -OCH3 is 1. The third-order valence-electron chi connectivity index (χ3n) is 2.77. The lowest BCUT2D eigenvalue weighted by Crippen LogP contribution is -2.16. The van der Waals surface area contributed by atoms with Crippen LogP contribution < -0.4 is 9.47 Å². The normalized spacial score (nSPS) is 12.8. The van der Waals surface area contributed by atoms with Gasteiger partial charge in [-0.1, -0.05) is 0 Å². The second kappa shape index (κ2) is 4.08. The number of carbonyl (C=O) groups excluding carboxylic acids is 1. The van der Waals surface area contributed by atoms with Crippen LogP contribution in [-0.2, 0) is 11.2 Å². The summed E-state index contributed by atoms with van der Waals surface area (Å²) in [6, 6.07) is 1.76. The molecule has 1 aromatic carbocycles. The van der Waals surface area contributed by atoms with Gasteiger partial charge in [0.25, 0.3) is 5.78 Å². The third kappa shape index (κ3) is 1.73. The quantitative estimate of drug-likeness (QED) is 0.630. The number of carboxylic acid groups (broad SMARTS) is 1. The van der Waals surface area contributed by atoms with E-state index in [-0.39, 0.29) is 5.56 Å². The van der Waals surface area contributed by atoms with Crippen LogP contribution in [0.25, 0.3) is 0 Å². The van der Waals surface area contributed by atoms with Crippen molar-refractivity contribution in [3.8, 4) is 11.5 Å². The average Bonchev–Trinajstić information content (AvgIpc) is 2.73. The molecule has 1 aromatic rings. The molecule has 1 heterocycles. The number of ketones is 1. The van der Waals surface area contributed by atoms with E-state index >= 15 is 0 Å². The Kier molecular flexibility index (Phi) is 2.75. The number of carbonyl (C=O) groups is 2. The van der Waals surface area contributed by atoms with E-state index in [1.54, 1.807) is 13.0 Å². The van der Waals surface area contributed by atoms with Gasteiger partial charge >= 0.3 is 5.97 Å². The molecule has 0 saturated heterocycles. The Labute approximate surface area is 98.0 Å². The van der Waals surface area contributed by atoms with E-state index in [1.165, 1.54) is 7.11 Å². The topological polar surface area (TPSA) is 72.8 Å². The van der Waals surface area contributed by atoms with Gasteiger partial charge in [0, 0.05) is 12.0 Å². The molecule has 90 valence electrons. The number of aliphatic carboxylic acids is 1. The molecule has 5 nitrogen and oxygen atoms in total. The monoisotopic (exact) mass is 236 g/mol. The molecule has 2 rings (SSSR count). The Hall–Kier alpha value is -2.04. The highest BCUT2D eigenvalue weighted by Gasteiger charge is 2.29. The number of fused-ring (bicyclic) bond motifs is 1. The second-order valence-electron chi connectivity index (χ2n) is 3.81. The third-order valence-corrected chi connectivity index (χ3v) is 2.77. The highest BCUT2D eigenvalue weighted by molar-refractivity contribution is 6.41. The summed E-state index contributed by atoms with van der Waals surface area (Å²) in [5, 5.41) is 8.83. The number of benzene rings is 1. The van der Waals surface area contributed by atoms with Gasteiger partial charge < -0.3 is 14.6 Å². The molecule has 17 heavy (non-hydrogen) atoms. The summed E-state index contributed by atoms with van der Waals surface area (Å²) in [6.07, 6.45) is 0.528. The van der Waals surface area contributed by atoms with Crippen LogP contribution in [0.4, 0.5) is 0 Å². The number of carboxylic acids is 1. The van der Waals surface area contributed by atoms with Crippen LogP contribution in [0.1, 0.15) is 21.5 Å². The summed E-state index contributed by atoms with van der Waals surface area (Å²) in [5.41, 5.74) is 1.44. The van der Waals surface area contributed by atoms with E-state index < -0.39 is 11.8 Å². The molecule has 5 heteroatoms. The lowest BCUT2D eigenvalue weighted by molar-refractivity contribution is -0.131. The molecular formula is C12H12O5. The first-order chi connectivity index (χ1) is 8.06. The summed E-state index contributed by atoms with van der Waals surface area (Å²) < 4.78 is 10.5. The van der Waals surface area contributed by atoms with Crippen LogP contribution >= 0.6 is 0 Å². The van der Waals surface area contributed by atoms with Gasteiger partial charge in [0.2, 0.25) is 0 Å². The van der Waals surface area contributed by atoms with Crippen molar-refractivity contribution in [1.29, 1.82) is 0 Å². The van der Waals surface area contributed by atoms with Gasteiger partial charge in [-0.3, -0.25) is 4.79 Å². The Morgan fingerprint density at radius 3 is 2.76 bits per heavy atom. The van der Waals surface area contributed by atoms with Crippen LogP contribution in [0.3, 0.4) is 0 Å². The van der Waals surface area contributed by atoms with Crippen LogP contribution in [0.15, 0.2) is 6.07 Å². The van der Waals surface area contributed by atoms with Gasteiger partial charge in [0.15, 0.2) is 0 Å². The average molecular weight is 236 g/mol. The first-order valence-corrected chi connectivity index (χ1v) is 5.17. The van der Waals surface area contributed by atoms with E-state index in [9.17, 15) is 9.59 Å². The summed E-state index contributed by atoms with van der Waals surface area (Å²) >= 11 is 0. The Bertz CT molecular complexity index is 500. The van der Waals surface area contributed by atoms with Crippen LogP contribution in [-0.4, -0.2) is 30.6 Å². The van der Waals surface area contributed by atoms with E-state index in [4.69, 9.17) is 14.6 Å². The van der Waals surface area contributed by atoms with E-state index in [0.717, 1.165) is 0 Å². The molecule has 0 fully saturated rings. The van der Waals surface area contributed by atoms with Crippen molar-refractivity contribution in [2.45, 2.75) is 13.3 Å². The maximum absolute atomic E-state index is 11.7. The SMILES string of the molecule is COc1c(C)cc2c(c1C(=O)C(=O)O)CCO2. The number of hydrogen-bond donors (Lipinski definition) is 1. The molecule has 1 aliphatic heterocycles. The zero-order chi connectivity index (χ0) is 12.6. The van der Waals surface area contributed by atoms with Crippen molar-refractivity contribution in [1.82, 2.24) is 0 Å². The van der Waals surface area contributed by atoms with Crippen molar-refractivity contribution in [2.75, 3.05) is 13.7 Å². The standard InChI is InChI=1S/C12H12O5/c1-6-5-8-7(3-4-17-8)9(11(6)16-2)10(13)12(14)15/h5H,3-4H2,1-2H3,(H,14,15). The van der Waals surface area contributed by atoms with Gasteiger partial charge in [0.1, 0.15) is 11.5 Å². The van der Waals surface area contributed by atoms with Gasteiger partial charge in [-0.25, -0.2) is 4.79 Å². The number of ether oxygens (including phenoxy) is 2. The fourth-order valence-corrected chi connectivity index (χ4v) is 2.06. The Balaban J connectivity index is 2.70. The molecule has 0 aromatic heterocycles. The van der Waals surface area contributed by atoms with Crippen molar-refractivity contribution >= 4 is 11.8 Å². The zero-order valence-electron chi connectivity index (χ0n) is 9.57. The maximum Gasteiger partial charge on any atom is 0.377 e. The van der Waals surface area contributed by atoms with Crippen molar-refractivity contribution < 1.29 is 24.2 Å². The van der Waals surface area contributed by atoms with Crippen molar-refractivity contribution in [3.63, 3.8) is 0 Å². The van der Waals surface area contributed by atoms with Crippen LogP contribution in [0.5, 0.6) is 11.5 Å². The highest BCUT2D eigenvalue weighted by atomic mass is 16.5. The Morgan fingerprint density at radius 2 is 2.18 bits per heavy atom. The summed E-state index contributed by atoms with van der Waals surface area (Å²) in [4.78, 5) is 22.5. The number of Topliss-reactive ketones (excluding diaryl/α,β-unsaturated/α-hetero) is 1. The molecule has 1 aliphatic rings. The maximum atomic E-state index is 11.7. The number of rotatable bonds is 3. The molecule has 0 amide bonds. The predicted octanol–water partition coefficient (Wildman–Crippen LogP) is 1.21. The first kappa shape index (κ1) is 11.4. The lowest BCUT2D eigenvalue weighted by atomic mass is 9.97. The number of aryl methyl sites for hydroxylation is 1. The predicted molar refractivity (Wildman–Crippen MR) is 58.9 cm³/mol. The fourth-order valence-electron chi connectivity index (χ4n) is 2.06. The van der Waals surface area contributed by atoms with E-state index in [2.05, 4.69) is 0 Å². The molecule has 0 unspecified atom stereocenters. The van der Waals surface area contributed by atoms with Gasteiger partial charge in [-0.15, -0.1) is 0 Å². The molecule has 0 radical (unpaired) electrons.